The zero-order valence-electron chi connectivity index (χ0n) is 18.9. The lowest BCUT2D eigenvalue weighted by Gasteiger charge is -2.21. The number of rotatable bonds is 15. The van der Waals surface area contributed by atoms with Crippen LogP contribution in [0, 0.1) is 0 Å². The highest BCUT2D eigenvalue weighted by Gasteiger charge is 2.26. The number of hydrogen-bond donors (Lipinski definition) is 7. The van der Waals surface area contributed by atoms with Crippen LogP contribution in [0.4, 0.5) is 0 Å². The number of benzene rings is 1. The zero-order valence-corrected chi connectivity index (χ0v) is 18.9. The quantitative estimate of drug-likeness (QED) is 0.139. The van der Waals surface area contributed by atoms with Gasteiger partial charge >= 0.3 is 17.9 Å². The molecule has 1 aromatic carbocycles. The first-order valence-corrected chi connectivity index (χ1v) is 10.5. The van der Waals surface area contributed by atoms with Crippen molar-refractivity contribution in [2.75, 3.05) is 6.54 Å². The molecule has 0 aliphatic heterocycles. The lowest BCUT2D eigenvalue weighted by molar-refractivity contribution is -0.139. The van der Waals surface area contributed by atoms with E-state index in [0.29, 0.717) is 5.56 Å². The van der Waals surface area contributed by atoms with Crippen molar-refractivity contribution >= 4 is 47.6 Å². The number of carboxylic acid groups (broad SMARTS) is 3. The molecule has 0 saturated carbocycles. The molecule has 0 heterocycles. The van der Waals surface area contributed by atoms with Crippen LogP contribution in [-0.2, 0) is 28.8 Å². The van der Waals surface area contributed by atoms with Crippen LogP contribution in [0.3, 0.4) is 0 Å². The Kier molecular flexibility index (Phi) is 11.8. The van der Waals surface area contributed by atoms with Crippen LogP contribution in [-0.4, -0.2) is 75.5 Å². The average molecular weight is 506 g/mol. The van der Waals surface area contributed by atoms with Gasteiger partial charge in [0, 0.05) is 24.5 Å². The van der Waals surface area contributed by atoms with Gasteiger partial charge in [-0.3, -0.25) is 28.8 Å². The van der Waals surface area contributed by atoms with Crippen molar-refractivity contribution < 1.29 is 48.9 Å². The molecule has 1 rings (SSSR count). The van der Waals surface area contributed by atoms with Gasteiger partial charge in [0.25, 0.3) is 5.91 Å². The molecular weight excluding hydrogens is 480 g/mol. The Hall–Kier alpha value is -4.75. The molecule has 0 fully saturated rings. The number of hydrogen-bond acceptors (Lipinski definition) is 7. The van der Waals surface area contributed by atoms with Crippen molar-refractivity contribution in [1.82, 2.24) is 16.0 Å². The molecule has 194 valence electrons. The van der Waals surface area contributed by atoms with E-state index in [2.05, 4.69) is 16.0 Å². The lowest BCUT2D eigenvalue weighted by atomic mass is 10.1. The summed E-state index contributed by atoms with van der Waals surface area (Å²) in [5.74, 6) is -7.06. The number of carbonyl (C=O) groups excluding carboxylic acids is 4. The van der Waals surface area contributed by atoms with Gasteiger partial charge < -0.3 is 37.0 Å². The summed E-state index contributed by atoms with van der Waals surface area (Å²) in [5.41, 5.74) is 5.85. The molecular formula is C22H26N4O10. The van der Waals surface area contributed by atoms with Crippen LogP contribution in [0.5, 0.6) is 0 Å². The Morgan fingerprint density at radius 2 is 1.39 bits per heavy atom. The van der Waals surface area contributed by atoms with Gasteiger partial charge in [0.2, 0.25) is 17.7 Å². The molecule has 0 unspecified atom stereocenters. The third-order valence-electron chi connectivity index (χ3n) is 4.61. The van der Waals surface area contributed by atoms with Gasteiger partial charge in [0.15, 0.2) is 0 Å². The van der Waals surface area contributed by atoms with E-state index < -0.39 is 73.0 Å². The van der Waals surface area contributed by atoms with Gasteiger partial charge in [0.05, 0.1) is 6.54 Å². The Bertz CT molecular complexity index is 1040. The first-order valence-electron chi connectivity index (χ1n) is 10.5. The van der Waals surface area contributed by atoms with Gasteiger partial charge in [-0.25, -0.2) is 4.79 Å². The lowest BCUT2D eigenvalue weighted by Crippen LogP contribution is -2.54. The summed E-state index contributed by atoms with van der Waals surface area (Å²) < 4.78 is 0. The summed E-state index contributed by atoms with van der Waals surface area (Å²) in [5, 5.41) is 33.1. The summed E-state index contributed by atoms with van der Waals surface area (Å²) >= 11 is 0. The third kappa shape index (κ3) is 11.4. The Balaban J connectivity index is 2.75. The fourth-order valence-corrected chi connectivity index (χ4v) is 2.78. The molecule has 0 bridgehead atoms. The number of carbonyl (C=O) groups is 7. The number of primary amides is 1. The van der Waals surface area contributed by atoms with E-state index in [4.69, 9.17) is 21.1 Å². The van der Waals surface area contributed by atoms with Crippen molar-refractivity contribution in [2.45, 2.75) is 37.8 Å². The van der Waals surface area contributed by atoms with E-state index in [1.54, 1.807) is 0 Å². The molecule has 0 aromatic heterocycles. The zero-order chi connectivity index (χ0) is 27.3. The maximum Gasteiger partial charge on any atom is 0.328 e. The highest BCUT2D eigenvalue weighted by molar-refractivity contribution is 5.97. The Morgan fingerprint density at radius 3 is 1.89 bits per heavy atom. The maximum atomic E-state index is 12.5. The summed E-state index contributed by atoms with van der Waals surface area (Å²) in [6.07, 6.45) is 0.610. The Morgan fingerprint density at radius 1 is 0.833 bits per heavy atom. The molecule has 0 aliphatic rings. The summed E-state index contributed by atoms with van der Waals surface area (Å²) in [4.78, 5) is 80.8. The molecule has 1 aromatic rings. The van der Waals surface area contributed by atoms with Crippen LogP contribution in [0.2, 0.25) is 0 Å². The highest BCUT2D eigenvalue weighted by atomic mass is 16.4. The van der Waals surface area contributed by atoms with Gasteiger partial charge in [-0.2, -0.15) is 0 Å². The van der Waals surface area contributed by atoms with Gasteiger partial charge in [-0.1, -0.05) is 12.1 Å². The fourth-order valence-electron chi connectivity index (χ4n) is 2.78. The third-order valence-corrected chi connectivity index (χ3v) is 4.61. The molecule has 14 heteroatoms. The Labute approximate surface area is 204 Å². The summed E-state index contributed by atoms with van der Waals surface area (Å²) in [6, 6.07) is 3.02. The predicted octanol–water partition coefficient (Wildman–Crippen LogP) is -1.30. The molecule has 0 radical (unpaired) electrons. The molecule has 4 amide bonds. The van der Waals surface area contributed by atoms with E-state index in [1.165, 1.54) is 30.3 Å². The minimum Gasteiger partial charge on any atom is -0.481 e. The van der Waals surface area contributed by atoms with Gasteiger partial charge in [-0.05, 0) is 36.6 Å². The topological polar surface area (TPSA) is 242 Å². The van der Waals surface area contributed by atoms with Crippen molar-refractivity contribution in [1.29, 1.82) is 0 Å². The molecule has 2 atom stereocenters. The summed E-state index contributed by atoms with van der Waals surface area (Å²) in [7, 11) is 0. The monoisotopic (exact) mass is 506 g/mol. The average Bonchev–Trinajstić information content (AvgIpc) is 2.81. The first-order chi connectivity index (χ1) is 16.9. The van der Waals surface area contributed by atoms with Crippen LogP contribution >= 0.6 is 0 Å². The van der Waals surface area contributed by atoms with E-state index >= 15 is 0 Å². The van der Waals surface area contributed by atoms with E-state index in [1.807, 2.05) is 0 Å². The standard InChI is InChI=1S/C22H26N4O10/c23-20(34)14(6-9-18(30)31)26-22(36)15(7-10-19(32)33)25-16(27)11-24-21(35)13-4-1-12(2-5-13)3-8-17(28)29/h1-5,8,14-15H,6-7,9-11H2,(H2,23,34)(H,24,35)(H,25,27)(H,26,36)(H,28,29)(H,30,31)(H,32,33)/b8-3+/t14-,15-/m0/s1. The SMILES string of the molecule is NC(=O)[C@H](CCC(=O)O)NC(=O)[C@H](CCC(=O)O)NC(=O)CNC(=O)c1ccc(/C=C/C(=O)O)cc1. The van der Waals surface area contributed by atoms with Crippen molar-refractivity contribution in [3.05, 3.63) is 41.5 Å². The molecule has 0 aliphatic carbocycles. The van der Waals surface area contributed by atoms with Crippen LogP contribution in [0.25, 0.3) is 6.08 Å². The molecule has 0 saturated heterocycles. The largest absolute Gasteiger partial charge is 0.481 e. The van der Waals surface area contributed by atoms with Crippen molar-refractivity contribution in [3.8, 4) is 0 Å². The van der Waals surface area contributed by atoms with Crippen molar-refractivity contribution in [2.24, 2.45) is 5.73 Å². The molecule has 8 N–H and O–H groups in total. The normalized spacial score (nSPS) is 12.2. The first kappa shape index (κ1) is 29.3. The predicted molar refractivity (Wildman–Crippen MR) is 122 cm³/mol. The molecule has 0 spiro atoms. The fraction of sp³-hybridized carbons (Fsp3) is 0.318. The van der Waals surface area contributed by atoms with Crippen LogP contribution < -0.4 is 21.7 Å². The number of nitrogens with two attached hydrogens (primary N) is 1. The van der Waals surface area contributed by atoms with Crippen LogP contribution in [0.15, 0.2) is 30.3 Å². The van der Waals surface area contributed by atoms with Crippen molar-refractivity contribution in [3.63, 3.8) is 0 Å². The number of carboxylic acids is 3. The smallest absolute Gasteiger partial charge is 0.328 e. The second-order valence-corrected chi connectivity index (χ2v) is 7.42. The molecule has 36 heavy (non-hydrogen) atoms. The van der Waals surface area contributed by atoms with Crippen LogP contribution in [0.1, 0.15) is 41.6 Å². The van der Waals surface area contributed by atoms with E-state index in [9.17, 15) is 33.6 Å². The second-order valence-electron chi connectivity index (χ2n) is 7.42. The number of amides is 4. The minimum absolute atomic E-state index is 0.165. The summed E-state index contributed by atoms with van der Waals surface area (Å²) in [6.45, 7) is -0.575. The van der Waals surface area contributed by atoms with Gasteiger partial charge in [-0.15, -0.1) is 0 Å². The highest BCUT2D eigenvalue weighted by Crippen LogP contribution is 2.07. The number of aliphatic carboxylic acids is 3. The van der Waals surface area contributed by atoms with E-state index in [0.717, 1.165) is 6.08 Å². The van der Waals surface area contributed by atoms with Gasteiger partial charge in [0.1, 0.15) is 12.1 Å². The number of nitrogens with one attached hydrogen (secondary N) is 3. The second kappa shape index (κ2) is 14.5. The molecule has 14 nitrogen and oxygen atoms in total. The minimum atomic E-state index is -1.41. The van der Waals surface area contributed by atoms with E-state index in [-0.39, 0.29) is 18.4 Å². The maximum absolute atomic E-state index is 12.5.